The maximum absolute atomic E-state index is 12.8. The van der Waals surface area contributed by atoms with Crippen LogP contribution in [-0.4, -0.2) is 22.4 Å². The van der Waals surface area contributed by atoms with Crippen LogP contribution in [0, 0.1) is 5.82 Å². The molecule has 0 fully saturated rings. The summed E-state index contributed by atoms with van der Waals surface area (Å²) in [7, 11) is 0. The van der Waals surface area contributed by atoms with E-state index in [9.17, 15) is 9.18 Å². The van der Waals surface area contributed by atoms with E-state index < -0.39 is 11.7 Å². The van der Waals surface area contributed by atoms with Gasteiger partial charge in [-0.15, -0.1) is 16.9 Å². The lowest BCUT2D eigenvalue weighted by atomic mass is 10.2. The van der Waals surface area contributed by atoms with Crippen LogP contribution in [-0.2, 0) is 0 Å². The van der Waals surface area contributed by atoms with Gasteiger partial charge in [0, 0.05) is 16.0 Å². The topological polar surface area (TPSA) is 68.0 Å². The first-order valence-corrected chi connectivity index (χ1v) is 7.93. The molecule has 0 atom stereocenters. The number of nitrogens with zero attached hydrogens (tertiary/aromatic N) is 2. The Morgan fingerprint density at radius 3 is 2.43 bits per heavy atom. The lowest BCUT2D eigenvalue weighted by Crippen LogP contribution is -2.12. The van der Waals surface area contributed by atoms with Gasteiger partial charge in [-0.2, -0.15) is 0 Å². The van der Waals surface area contributed by atoms with Gasteiger partial charge in [-0.25, -0.2) is 4.39 Å². The van der Waals surface area contributed by atoms with Gasteiger partial charge in [0.25, 0.3) is 5.91 Å². The first-order chi connectivity index (χ1) is 11.2. The standard InChI is InChI=1S/C16H12FN3O2S/c1-23-13-8-4-11(5-9-13)15-19-20-16(22-15)18-14(21)10-2-6-12(17)7-3-10/h2-9H,1H3,(H,18,20,21). The van der Waals surface area contributed by atoms with Gasteiger partial charge in [-0.1, -0.05) is 5.10 Å². The Kier molecular flexibility index (Phi) is 4.38. The van der Waals surface area contributed by atoms with Crippen molar-refractivity contribution < 1.29 is 13.6 Å². The molecule has 0 radical (unpaired) electrons. The second kappa shape index (κ2) is 6.62. The van der Waals surface area contributed by atoms with Crippen LogP contribution >= 0.6 is 11.8 Å². The number of benzene rings is 2. The monoisotopic (exact) mass is 329 g/mol. The van der Waals surface area contributed by atoms with Crippen LogP contribution in [0.15, 0.2) is 57.8 Å². The molecule has 0 aliphatic rings. The van der Waals surface area contributed by atoms with Crippen molar-refractivity contribution in [1.82, 2.24) is 10.2 Å². The van der Waals surface area contributed by atoms with E-state index in [0.717, 1.165) is 10.5 Å². The van der Waals surface area contributed by atoms with Crippen LogP contribution in [0.4, 0.5) is 10.4 Å². The number of thioether (sulfide) groups is 1. The van der Waals surface area contributed by atoms with Crippen molar-refractivity contribution in [3.8, 4) is 11.5 Å². The minimum absolute atomic E-state index is 0.0109. The van der Waals surface area contributed by atoms with Crippen LogP contribution in [0.3, 0.4) is 0 Å². The number of amides is 1. The average Bonchev–Trinajstić information content (AvgIpc) is 3.04. The summed E-state index contributed by atoms with van der Waals surface area (Å²) in [6.45, 7) is 0. The molecule has 3 rings (SSSR count). The van der Waals surface area contributed by atoms with Crippen molar-refractivity contribution in [3.63, 3.8) is 0 Å². The van der Waals surface area contributed by atoms with Gasteiger partial charge in [0.1, 0.15) is 5.82 Å². The average molecular weight is 329 g/mol. The molecule has 5 nitrogen and oxygen atoms in total. The van der Waals surface area contributed by atoms with Gasteiger partial charge in [0.05, 0.1) is 0 Å². The number of hydrogen-bond acceptors (Lipinski definition) is 5. The van der Waals surface area contributed by atoms with Gasteiger partial charge in [0.15, 0.2) is 0 Å². The normalized spacial score (nSPS) is 10.5. The number of nitrogens with one attached hydrogen (secondary N) is 1. The van der Waals surface area contributed by atoms with Gasteiger partial charge in [0.2, 0.25) is 5.89 Å². The second-order valence-electron chi connectivity index (χ2n) is 4.60. The zero-order valence-corrected chi connectivity index (χ0v) is 12.9. The molecule has 3 aromatic rings. The number of carbonyl (C=O) groups excluding carboxylic acids is 1. The number of aromatic nitrogens is 2. The molecule has 0 saturated carbocycles. The first-order valence-electron chi connectivity index (χ1n) is 6.70. The van der Waals surface area contributed by atoms with Crippen molar-refractivity contribution in [2.75, 3.05) is 11.6 Å². The number of rotatable bonds is 4. The summed E-state index contributed by atoms with van der Waals surface area (Å²) in [6, 6.07) is 12.8. The summed E-state index contributed by atoms with van der Waals surface area (Å²) in [5.74, 6) is -0.541. The molecule has 0 spiro atoms. The van der Waals surface area contributed by atoms with Gasteiger partial charge in [-0.05, 0) is 54.8 Å². The fourth-order valence-electron chi connectivity index (χ4n) is 1.89. The van der Waals surface area contributed by atoms with E-state index in [2.05, 4.69) is 15.5 Å². The first kappa shape index (κ1) is 15.2. The molecule has 116 valence electrons. The molecular formula is C16H12FN3O2S. The van der Waals surface area contributed by atoms with Crippen molar-refractivity contribution in [2.24, 2.45) is 0 Å². The SMILES string of the molecule is CSc1ccc(-c2nnc(NC(=O)c3ccc(F)cc3)o2)cc1. The Hall–Kier alpha value is -2.67. The zero-order valence-electron chi connectivity index (χ0n) is 12.1. The van der Waals surface area contributed by atoms with Crippen molar-refractivity contribution in [1.29, 1.82) is 0 Å². The van der Waals surface area contributed by atoms with E-state index in [4.69, 9.17) is 4.42 Å². The summed E-state index contributed by atoms with van der Waals surface area (Å²) < 4.78 is 18.3. The lowest BCUT2D eigenvalue weighted by molar-refractivity contribution is 0.102. The molecule has 1 N–H and O–H groups in total. The molecular weight excluding hydrogens is 317 g/mol. The van der Waals surface area contributed by atoms with Crippen LogP contribution < -0.4 is 5.32 Å². The molecule has 23 heavy (non-hydrogen) atoms. The Morgan fingerprint density at radius 2 is 1.78 bits per heavy atom. The van der Waals surface area contributed by atoms with E-state index in [1.807, 2.05) is 30.5 Å². The Morgan fingerprint density at radius 1 is 1.09 bits per heavy atom. The minimum atomic E-state index is -0.446. The number of hydrogen-bond donors (Lipinski definition) is 1. The third-order valence-electron chi connectivity index (χ3n) is 3.09. The van der Waals surface area contributed by atoms with E-state index in [-0.39, 0.29) is 6.01 Å². The fraction of sp³-hybridized carbons (Fsp3) is 0.0625. The fourth-order valence-corrected chi connectivity index (χ4v) is 2.30. The molecule has 7 heteroatoms. The predicted octanol–water partition coefficient (Wildman–Crippen LogP) is 3.85. The van der Waals surface area contributed by atoms with Crippen molar-refractivity contribution in [2.45, 2.75) is 4.90 Å². The third kappa shape index (κ3) is 3.57. The molecule has 0 aliphatic heterocycles. The molecule has 1 aromatic heterocycles. The highest BCUT2D eigenvalue weighted by molar-refractivity contribution is 7.98. The number of carbonyl (C=O) groups is 1. The second-order valence-corrected chi connectivity index (χ2v) is 5.48. The van der Waals surface area contributed by atoms with Gasteiger partial charge >= 0.3 is 6.01 Å². The number of halogens is 1. The zero-order chi connectivity index (χ0) is 16.2. The summed E-state index contributed by atoms with van der Waals surface area (Å²) in [4.78, 5) is 13.1. The van der Waals surface area contributed by atoms with Gasteiger partial charge in [-0.3, -0.25) is 10.1 Å². The quantitative estimate of drug-likeness (QED) is 0.736. The highest BCUT2D eigenvalue weighted by atomic mass is 32.2. The molecule has 2 aromatic carbocycles. The highest BCUT2D eigenvalue weighted by Gasteiger charge is 2.12. The highest BCUT2D eigenvalue weighted by Crippen LogP contribution is 2.23. The molecule has 0 unspecified atom stereocenters. The Bertz CT molecular complexity index is 816. The molecule has 0 aliphatic carbocycles. The molecule has 1 heterocycles. The smallest absolute Gasteiger partial charge is 0.322 e. The molecule has 1 amide bonds. The maximum Gasteiger partial charge on any atom is 0.322 e. The van der Waals surface area contributed by atoms with Crippen molar-refractivity contribution in [3.05, 3.63) is 59.9 Å². The summed E-state index contributed by atoms with van der Waals surface area (Å²) >= 11 is 1.63. The predicted molar refractivity (Wildman–Crippen MR) is 85.9 cm³/mol. The third-order valence-corrected chi connectivity index (χ3v) is 3.83. The minimum Gasteiger partial charge on any atom is -0.403 e. The maximum atomic E-state index is 12.8. The van der Waals surface area contributed by atoms with E-state index in [1.165, 1.54) is 24.3 Å². The van der Waals surface area contributed by atoms with Crippen LogP contribution in [0.2, 0.25) is 0 Å². The Balaban J connectivity index is 1.73. The van der Waals surface area contributed by atoms with E-state index >= 15 is 0 Å². The summed E-state index contributed by atoms with van der Waals surface area (Å²) in [5.41, 5.74) is 1.06. The van der Waals surface area contributed by atoms with Crippen LogP contribution in [0.1, 0.15) is 10.4 Å². The number of anilines is 1. The van der Waals surface area contributed by atoms with Crippen molar-refractivity contribution >= 4 is 23.7 Å². The summed E-state index contributed by atoms with van der Waals surface area (Å²) in [6.07, 6.45) is 1.99. The molecule has 0 bridgehead atoms. The van der Waals surface area contributed by atoms with E-state index in [0.29, 0.717) is 11.5 Å². The lowest BCUT2D eigenvalue weighted by Gasteiger charge is -2.00. The van der Waals surface area contributed by atoms with Gasteiger partial charge < -0.3 is 4.42 Å². The largest absolute Gasteiger partial charge is 0.403 e. The van der Waals surface area contributed by atoms with Crippen LogP contribution in [0.5, 0.6) is 0 Å². The Labute approximate surface area is 135 Å². The summed E-state index contributed by atoms with van der Waals surface area (Å²) in [5, 5.41) is 10.2. The molecule has 0 saturated heterocycles. The van der Waals surface area contributed by atoms with E-state index in [1.54, 1.807) is 11.8 Å². The van der Waals surface area contributed by atoms with Crippen LogP contribution in [0.25, 0.3) is 11.5 Å².